The van der Waals surface area contributed by atoms with Gasteiger partial charge in [0.2, 0.25) is 0 Å². The van der Waals surface area contributed by atoms with Crippen LogP contribution in [-0.2, 0) is 0 Å². The van der Waals surface area contributed by atoms with Crippen LogP contribution in [0.4, 0.5) is 0 Å². The summed E-state index contributed by atoms with van der Waals surface area (Å²) in [5, 5.41) is 10.6. The third kappa shape index (κ3) is 5.08. The first kappa shape index (κ1) is 18.6. The van der Waals surface area contributed by atoms with E-state index < -0.39 is 0 Å². The van der Waals surface area contributed by atoms with E-state index in [1.807, 2.05) is 19.1 Å². The lowest BCUT2D eigenvalue weighted by molar-refractivity contribution is 0.310. The number of rotatable bonds is 9. The van der Waals surface area contributed by atoms with Gasteiger partial charge in [0, 0.05) is 11.1 Å². The van der Waals surface area contributed by atoms with E-state index >= 15 is 0 Å². The van der Waals surface area contributed by atoms with Gasteiger partial charge >= 0.3 is 0 Å². The summed E-state index contributed by atoms with van der Waals surface area (Å²) in [7, 11) is 0. The fourth-order valence-corrected chi connectivity index (χ4v) is 2.48. The Kier molecular flexibility index (Phi) is 8.08. The first-order valence-electron chi connectivity index (χ1n) is 8.65. The van der Waals surface area contributed by atoms with Crippen molar-refractivity contribution in [2.75, 3.05) is 6.61 Å². The molecular weight excluding hydrogens is 272 g/mol. The highest BCUT2D eigenvalue weighted by Gasteiger charge is 2.18. The summed E-state index contributed by atoms with van der Waals surface area (Å²) in [6.45, 7) is 11.4. The average molecular weight is 304 g/mol. The Hall–Kier alpha value is -1.44. The average Bonchev–Trinajstić information content (AvgIpc) is 2.54. The highest BCUT2D eigenvalue weighted by Crippen LogP contribution is 2.39. The lowest BCUT2D eigenvalue weighted by Crippen LogP contribution is -2.03. The Morgan fingerprint density at radius 2 is 1.64 bits per heavy atom. The second-order valence-electron chi connectivity index (χ2n) is 6.13. The molecule has 124 valence electrons. The Labute approximate surface area is 136 Å². The van der Waals surface area contributed by atoms with Crippen LogP contribution in [0, 0.1) is 0 Å². The molecular formula is C20H32O2. The van der Waals surface area contributed by atoms with Gasteiger partial charge in [0.1, 0.15) is 11.5 Å². The standard InChI is InChI=1S/C20H32O2/c1-6-9-10-11-12-22-17-13-18(15(4)7-2)20(21)19(14-17)16(5)8-3/h6,9,13-16,21H,7-8,10-12H2,1-5H3. The quantitative estimate of drug-likeness (QED) is 0.437. The van der Waals surface area contributed by atoms with Crippen molar-refractivity contribution in [2.45, 2.75) is 72.1 Å². The molecule has 1 rings (SSSR count). The Morgan fingerprint density at radius 3 is 2.09 bits per heavy atom. The van der Waals surface area contributed by atoms with Gasteiger partial charge < -0.3 is 9.84 Å². The number of hydrogen-bond donors (Lipinski definition) is 1. The number of unbranched alkanes of at least 4 members (excludes halogenated alkanes) is 1. The summed E-state index contributed by atoms with van der Waals surface area (Å²) >= 11 is 0. The van der Waals surface area contributed by atoms with E-state index in [1.54, 1.807) is 0 Å². The van der Waals surface area contributed by atoms with E-state index in [4.69, 9.17) is 4.74 Å². The van der Waals surface area contributed by atoms with Crippen LogP contribution < -0.4 is 4.74 Å². The van der Waals surface area contributed by atoms with Gasteiger partial charge in [-0.3, -0.25) is 0 Å². The predicted molar refractivity (Wildman–Crippen MR) is 95.1 cm³/mol. The third-order valence-electron chi connectivity index (χ3n) is 4.45. The van der Waals surface area contributed by atoms with Crippen LogP contribution in [-0.4, -0.2) is 11.7 Å². The SMILES string of the molecule is CC=CCCCOc1cc(C(C)CC)c(O)c(C(C)CC)c1. The van der Waals surface area contributed by atoms with E-state index in [1.165, 1.54) is 0 Å². The zero-order chi connectivity index (χ0) is 16.5. The normalized spacial score (nSPS) is 14.2. The van der Waals surface area contributed by atoms with Gasteiger partial charge in [-0.05, 0) is 56.6 Å². The van der Waals surface area contributed by atoms with E-state index in [9.17, 15) is 5.11 Å². The minimum Gasteiger partial charge on any atom is -0.507 e. The maximum Gasteiger partial charge on any atom is 0.122 e. The second kappa shape index (κ2) is 9.55. The molecule has 0 saturated carbocycles. The summed E-state index contributed by atoms with van der Waals surface area (Å²) in [4.78, 5) is 0. The molecule has 0 heterocycles. The summed E-state index contributed by atoms with van der Waals surface area (Å²) in [6.07, 6.45) is 8.32. The topological polar surface area (TPSA) is 29.5 Å². The van der Waals surface area contributed by atoms with Gasteiger partial charge in [-0.15, -0.1) is 0 Å². The van der Waals surface area contributed by atoms with Crippen molar-refractivity contribution in [1.82, 2.24) is 0 Å². The number of ether oxygens (including phenoxy) is 1. The van der Waals surface area contributed by atoms with Crippen LogP contribution >= 0.6 is 0 Å². The first-order valence-corrected chi connectivity index (χ1v) is 8.65. The van der Waals surface area contributed by atoms with E-state index in [2.05, 4.69) is 39.8 Å². The molecule has 0 bridgehead atoms. The van der Waals surface area contributed by atoms with Gasteiger partial charge in [0.25, 0.3) is 0 Å². The van der Waals surface area contributed by atoms with Crippen molar-refractivity contribution >= 4 is 0 Å². The molecule has 0 aliphatic heterocycles. The largest absolute Gasteiger partial charge is 0.507 e. The van der Waals surface area contributed by atoms with Crippen molar-refractivity contribution in [3.63, 3.8) is 0 Å². The Bertz CT molecular complexity index is 446. The summed E-state index contributed by atoms with van der Waals surface area (Å²) < 4.78 is 5.93. The maximum absolute atomic E-state index is 10.6. The fraction of sp³-hybridized carbons (Fsp3) is 0.600. The lowest BCUT2D eigenvalue weighted by atomic mass is 9.90. The number of allylic oxidation sites excluding steroid dienone is 2. The highest BCUT2D eigenvalue weighted by molar-refractivity contribution is 5.49. The van der Waals surface area contributed by atoms with Gasteiger partial charge in [-0.1, -0.05) is 39.8 Å². The van der Waals surface area contributed by atoms with E-state index in [0.29, 0.717) is 17.6 Å². The van der Waals surface area contributed by atoms with Gasteiger partial charge in [-0.2, -0.15) is 0 Å². The Balaban J connectivity index is 2.96. The molecule has 22 heavy (non-hydrogen) atoms. The molecule has 0 aromatic heterocycles. The van der Waals surface area contributed by atoms with E-state index in [0.717, 1.165) is 49.2 Å². The molecule has 0 aliphatic carbocycles. The van der Waals surface area contributed by atoms with Crippen LogP contribution in [0.15, 0.2) is 24.3 Å². The van der Waals surface area contributed by atoms with Crippen LogP contribution in [0.25, 0.3) is 0 Å². The summed E-state index contributed by atoms with van der Waals surface area (Å²) in [5.74, 6) is 2.04. The molecule has 2 unspecified atom stereocenters. The Morgan fingerprint density at radius 1 is 1.09 bits per heavy atom. The highest BCUT2D eigenvalue weighted by atomic mass is 16.5. The lowest BCUT2D eigenvalue weighted by Gasteiger charge is -2.20. The number of phenolic OH excluding ortho intramolecular Hbond substituents is 1. The predicted octanol–water partition coefficient (Wildman–Crippen LogP) is 6.15. The molecule has 0 fully saturated rings. The van der Waals surface area contributed by atoms with Crippen molar-refractivity contribution in [1.29, 1.82) is 0 Å². The minimum atomic E-state index is 0.342. The van der Waals surface area contributed by atoms with Gasteiger partial charge in [-0.25, -0.2) is 0 Å². The number of aromatic hydroxyl groups is 1. The van der Waals surface area contributed by atoms with E-state index in [-0.39, 0.29) is 0 Å². The van der Waals surface area contributed by atoms with Crippen molar-refractivity contribution in [3.05, 3.63) is 35.4 Å². The first-order chi connectivity index (χ1) is 10.5. The van der Waals surface area contributed by atoms with Crippen LogP contribution in [0.2, 0.25) is 0 Å². The summed E-state index contributed by atoms with van der Waals surface area (Å²) in [5.41, 5.74) is 2.03. The monoisotopic (exact) mass is 304 g/mol. The molecule has 0 amide bonds. The fourth-order valence-electron chi connectivity index (χ4n) is 2.48. The number of hydrogen-bond acceptors (Lipinski definition) is 2. The van der Waals surface area contributed by atoms with Crippen molar-refractivity contribution in [3.8, 4) is 11.5 Å². The zero-order valence-corrected chi connectivity index (χ0v) is 14.9. The molecule has 0 saturated heterocycles. The van der Waals surface area contributed by atoms with Crippen LogP contribution in [0.5, 0.6) is 11.5 Å². The molecule has 2 atom stereocenters. The number of phenols is 1. The van der Waals surface area contributed by atoms with Crippen LogP contribution in [0.3, 0.4) is 0 Å². The van der Waals surface area contributed by atoms with Crippen molar-refractivity contribution in [2.24, 2.45) is 0 Å². The minimum absolute atomic E-state index is 0.342. The van der Waals surface area contributed by atoms with Crippen LogP contribution in [0.1, 0.15) is 83.3 Å². The molecule has 1 aromatic carbocycles. The van der Waals surface area contributed by atoms with Crippen molar-refractivity contribution < 1.29 is 9.84 Å². The molecule has 0 aliphatic rings. The number of benzene rings is 1. The second-order valence-corrected chi connectivity index (χ2v) is 6.13. The molecule has 2 nitrogen and oxygen atoms in total. The molecule has 1 aromatic rings. The smallest absolute Gasteiger partial charge is 0.122 e. The molecule has 0 radical (unpaired) electrons. The molecule has 0 spiro atoms. The van der Waals surface area contributed by atoms with Gasteiger partial charge in [0.05, 0.1) is 6.61 Å². The third-order valence-corrected chi connectivity index (χ3v) is 4.45. The van der Waals surface area contributed by atoms with Gasteiger partial charge in [0.15, 0.2) is 0 Å². The molecule has 2 heteroatoms. The molecule has 1 N–H and O–H groups in total. The zero-order valence-electron chi connectivity index (χ0n) is 14.9. The maximum atomic E-state index is 10.6. The summed E-state index contributed by atoms with van der Waals surface area (Å²) in [6, 6.07) is 4.04.